The van der Waals surface area contributed by atoms with Crippen LogP contribution in [-0.2, 0) is 9.59 Å². The third-order valence-electron chi connectivity index (χ3n) is 5.36. The molecule has 0 radical (unpaired) electrons. The minimum atomic E-state index is -1.26. The van der Waals surface area contributed by atoms with E-state index < -0.39 is 11.3 Å². The van der Waals surface area contributed by atoms with E-state index in [1.54, 1.807) is 32.0 Å². The first-order valence-corrected chi connectivity index (χ1v) is 9.81. The summed E-state index contributed by atoms with van der Waals surface area (Å²) in [4.78, 5) is 27.8. The van der Waals surface area contributed by atoms with Gasteiger partial charge in [-0.25, -0.2) is 0 Å². The zero-order chi connectivity index (χ0) is 20.4. The molecule has 2 heterocycles. The van der Waals surface area contributed by atoms with Crippen molar-refractivity contribution in [3.05, 3.63) is 42.5 Å². The predicted octanol–water partition coefficient (Wildman–Crippen LogP) is 3.62. The van der Waals surface area contributed by atoms with E-state index in [9.17, 15) is 9.59 Å². The molecular formula is C22H25N3O4. The van der Waals surface area contributed by atoms with Crippen molar-refractivity contribution in [2.45, 2.75) is 26.7 Å². The Hall–Kier alpha value is -3.22. The number of nitrogens with one attached hydrogen (secondary N) is 2. The van der Waals surface area contributed by atoms with Crippen LogP contribution >= 0.6 is 0 Å². The molecule has 7 heteroatoms. The minimum absolute atomic E-state index is 0.164. The number of carbonyl (C=O) groups excluding carboxylic acids is 2. The van der Waals surface area contributed by atoms with Crippen molar-refractivity contribution in [2.75, 3.05) is 35.4 Å². The highest BCUT2D eigenvalue weighted by molar-refractivity contribution is 6.14. The van der Waals surface area contributed by atoms with Gasteiger partial charge in [-0.1, -0.05) is 0 Å². The fraction of sp³-hybridized carbons (Fsp3) is 0.364. The molecule has 1 saturated heterocycles. The summed E-state index contributed by atoms with van der Waals surface area (Å²) in [5.41, 5.74) is 1.11. The molecule has 0 spiro atoms. The molecule has 152 valence electrons. The van der Waals surface area contributed by atoms with Crippen molar-refractivity contribution in [1.29, 1.82) is 0 Å². The van der Waals surface area contributed by atoms with E-state index in [2.05, 4.69) is 15.5 Å². The number of amides is 2. The number of hydrogen-bond donors (Lipinski definition) is 2. The normalized spacial score (nSPS) is 15.3. The molecule has 0 unspecified atom stereocenters. The van der Waals surface area contributed by atoms with Gasteiger partial charge in [-0.3, -0.25) is 9.59 Å². The van der Waals surface area contributed by atoms with Crippen LogP contribution in [0, 0.1) is 5.41 Å². The van der Waals surface area contributed by atoms with Crippen molar-refractivity contribution in [3.8, 4) is 11.5 Å². The van der Waals surface area contributed by atoms with Crippen LogP contribution in [0.25, 0.3) is 0 Å². The molecule has 7 nitrogen and oxygen atoms in total. The first kappa shape index (κ1) is 19.1. The molecule has 29 heavy (non-hydrogen) atoms. The topological polar surface area (TPSA) is 79.9 Å². The maximum Gasteiger partial charge on any atom is 0.239 e. The van der Waals surface area contributed by atoms with Crippen molar-refractivity contribution < 1.29 is 19.1 Å². The molecule has 2 aromatic carbocycles. The average molecular weight is 395 g/mol. The predicted molar refractivity (Wildman–Crippen MR) is 111 cm³/mol. The van der Waals surface area contributed by atoms with Gasteiger partial charge in [0, 0.05) is 36.2 Å². The van der Waals surface area contributed by atoms with Crippen LogP contribution in [0.5, 0.6) is 11.5 Å². The van der Waals surface area contributed by atoms with Crippen LogP contribution in [0.3, 0.4) is 0 Å². The molecule has 0 aliphatic carbocycles. The van der Waals surface area contributed by atoms with Gasteiger partial charge < -0.3 is 25.0 Å². The van der Waals surface area contributed by atoms with Crippen LogP contribution < -0.4 is 25.0 Å². The molecule has 2 N–H and O–H groups in total. The maximum absolute atomic E-state index is 12.8. The van der Waals surface area contributed by atoms with E-state index in [1.807, 2.05) is 24.3 Å². The van der Waals surface area contributed by atoms with Gasteiger partial charge in [0.15, 0.2) is 11.5 Å². The lowest BCUT2D eigenvalue weighted by molar-refractivity contribution is -0.135. The largest absolute Gasteiger partial charge is 0.454 e. The van der Waals surface area contributed by atoms with E-state index in [-0.39, 0.29) is 12.7 Å². The van der Waals surface area contributed by atoms with Crippen LogP contribution in [0.1, 0.15) is 26.7 Å². The fourth-order valence-corrected chi connectivity index (χ4v) is 3.38. The van der Waals surface area contributed by atoms with Gasteiger partial charge in [0.1, 0.15) is 5.41 Å². The van der Waals surface area contributed by atoms with Crippen LogP contribution in [0.15, 0.2) is 42.5 Å². The number of anilines is 3. The fourth-order valence-electron chi connectivity index (χ4n) is 3.38. The van der Waals surface area contributed by atoms with Crippen molar-refractivity contribution in [2.24, 2.45) is 5.41 Å². The van der Waals surface area contributed by atoms with Gasteiger partial charge in [0.25, 0.3) is 0 Å². The molecule has 0 aromatic heterocycles. The average Bonchev–Trinajstić information content (AvgIpc) is 3.40. The highest BCUT2D eigenvalue weighted by Gasteiger charge is 2.36. The Labute approximate surface area is 170 Å². The minimum Gasteiger partial charge on any atom is -0.454 e. The van der Waals surface area contributed by atoms with Crippen LogP contribution in [0.2, 0.25) is 0 Å². The summed E-state index contributed by atoms with van der Waals surface area (Å²) in [6, 6.07) is 12.9. The Bertz CT molecular complexity index is 918. The molecule has 1 fully saturated rings. The van der Waals surface area contributed by atoms with Gasteiger partial charge in [-0.15, -0.1) is 0 Å². The van der Waals surface area contributed by atoms with Gasteiger partial charge >= 0.3 is 0 Å². The van der Waals surface area contributed by atoms with Gasteiger partial charge in [-0.05, 0) is 63.1 Å². The second-order valence-corrected chi connectivity index (χ2v) is 7.84. The number of hydrogen-bond acceptors (Lipinski definition) is 5. The van der Waals surface area contributed by atoms with Crippen LogP contribution in [0.4, 0.5) is 17.1 Å². The molecule has 0 saturated carbocycles. The zero-order valence-electron chi connectivity index (χ0n) is 16.7. The van der Waals surface area contributed by atoms with E-state index in [0.29, 0.717) is 22.9 Å². The number of nitrogens with zero attached hydrogens (tertiary/aromatic N) is 1. The van der Waals surface area contributed by atoms with E-state index >= 15 is 0 Å². The third-order valence-corrected chi connectivity index (χ3v) is 5.36. The zero-order valence-corrected chi connectivity index (χ0v) is 16.7. The molecule has 2 aliphatic rings. The number of rotatable bonds is 5. The lowest BCUT2D eigenvalue weighted by Gasteiger charge is -2.23. The van der Waals surface area contributed by atoms with Crippen molar-refractivity contribution in [3.63, 3.8) is 0 Å². The maximum atomic E-state index is 12.8. The summed E-state index contributed by atoms with van der Waals surface area (Å²) < 4.78 is 10.6. The summed E-state index contributed by atoms with van der Waals surface area (Å²) in [6.07, 6.45) is 2.43. The molecule has 2 amide bonds. The Morgan fingerprint density at radius 2 is 1.45 bits per heavy atom. The summed E-state index contributed by atoms with van der Waals surface area (Å²) in [6.45, 7) is 5.50. The number of fused-ring (bicyclic) bond motifs is 1. The Morgan fingerprint density at radius 3 is 2.14 bits per heavy atom. The van der Waals surface area contributed by atoms with Gasteiger partial charge in [0.2, 0.25) is 18.6 Å². The van der Waals surface area contributed by atoms with E-state index in [0.717, 1.165) is 18.8 Å². The van der Waals surface area contributed by atoms with Gasteiger partial charge in [0.05, 0.1) is 0 Å². The third kappa shape index (κ3) is 3.99. The Balaban J connectivity index is 1.39. The molecule has 2 aromatic rings. The SMILES string of the molecule is CC(C)(C(=O)Nc1ccc(N2CCCC2)cc1)C(=O)Nc1ccc2c(c1)OCO2. The van der Waals surface area contributed by atoms with E-state index in [4.69, 9.17) is 9.47 Å². The first-order valence-electron chi connectivity index (χ1n) is 9.81. The summed E-state index contributed by atoms with van der Waals surface area (Å²) in [5.74, 6) is 0.438. The van der Waals surface area contributed by atoms with E-state index in [1.165, 1.54) is 12.8 Å². The molecular weight excluding hydrogens is 370 g/mol. The molecule has 0 bridgehead atoms. The highest BCUT2D eigenvalue weighted by Crippen LogP contribution is 2.34. The second-order valence-electron chi connectivity index (χ2n) is 7.84. The first-order chi connectivity index (χ1) is 13.9. The lowest BCUT2D eigenvalue weighted by atomic mass is 9.90. The summed E-state index contributed by atoms with van der Waals surface area (Å²) in [7, 11) is 0. The lowest BCUT2D eigenvalue weighted by Crippen LogP contribution is -2.41. The molecule has 2 aliphatic heterocycles. The molecule has 4 rings (SSSR count). The standard InChI is InChI=1S/C22H25N3O4/c1-22(2,21(27)24-16-7-10-18-19(13-16)29-14-28-18)20(26)23-15-5-8-17(9-6-15)25-11-3-4-12-25/h5-10,13H,3-4,11-12,14H2,1-2H3,(H,23,26)(H,24,27). The number of carbonyl (C=O) groups is 2. The monoisotopic (exact) mass is 395 g/mol. The smallest absolute Gasteiger partial charge is 0.239 e. The van der Waals surface area contributed by atoms with Crippen molar-refractivity contribution >= 4 is 28.9 Å². The second kappa shape index (κ2) is 7.66. The summed E-state index contributed by atoms with van der Waals surface area (Å²) in [5, 5.41) is 5.63. The number of ether oxygens (including phenoxy) is 2. The van der Waals surface area contributed by atoms with Gasteiger partial charge in [-0.2, -0.15) is 0 Å². The van der Waals surface area contributed by atoms with Crippen molar-refractivity contribution in [1.82, 2.24) is 0 Å². The summed E-state index contributed by atoms with van der Waals surface area (Å²) >= 11 is 0. The van der Waals surface area contributed by atoms with Crippen LogP contribution in [-0.4, -0.2) is 31.7 Å². The Morgan fingerprint density at radius 1 is 0.862 bits per heavy atom. The highest BCUT2D eigenvalue weighted by atomic mass is 16.7. The Kier molecular flexibility index (Phi) is 5.05. The number of benzene rings is 2. The quantitative estimate of drug-likeness (QED) is 0.756. The molecule has 0 atom stereocenters.